The average Bonchev–Trinajstić information content (AvgIpc) is 3.34. The molecule has 4 rings (SSSR count). The Morgan fingerprint density at radius 2 is 2.03 bits per heavy atom. The Hall–Kier alpha value is -3.55. The molecular weight excluding hydrogens is 398 g/mol. The number of carbonyl (C=O) groups excluding carboxylic acids is 1. The smallest absolute Gasteiger partial charge is 0.251 e. The van der Waals surface area contributed by atoms with Gasteiger partial charge >= 0.3 is 0 Å². The first kappa shape index (κ1) is 20.7. The zero-order chi connectivity index (χ0) is 21.8. The van der Waals surface area contributed by atoms with Crippen LogP contribution in [0.3, 0.4) is 0 Å². The van der Waals surface area contributed by atoms with Gasteiger partial charge in [-0.15, -0.1) is 0 Å². The topological polar surface area (TPSA) is 95.7 Å². The van der Waals surface area contributed by atoms with E-state index in [0.717, 1.165) is 29.0 Å². The van der Waals surface area contributed by atoms with E-state index in [1.807, 2.05) is 26.0 Å². The maximum atomic E-state index is 12.6. The molecule has 1 atom stereocenters. The van der Waals surface area contributed by atoms with E-state index < -0.39 is 0 Å². The lowest BCUT2D eigenvalue weighted by Crippen LogP contribution is -2.23. The molecule has 8 nitrogen and oxygen atoms in total. The minimum Gasteiger partial charge on any atom is -0.494 e. The quantitative estimate of drug-likeness (QED) is 0.591. The summed E-state index contributed by atoms with van der Waals surface area (Å²) in [5.74, 6) is 3.03. The van der Waals surface area contributed by atoms with Crippen LogP contribution < -0.4 is 19.5 Å². The van der Waals surface area contributed by atoms with Crippen LogP contribution in [0.4, 0.5) is 0 Å². The first-order valence-corrected chi connectivity index (χ1v) is 10.3. The van der Waals surface area contributed by atoms with Gasteiger partial charge in [-0.3, -0.25) is 4.79 Å². The van der Waals surface area contributed by atoms with Crippen LogP contribution in [0.15, 0.2) is 40.9 Å². The maximum Gasteiger partial charge on any atom is 0.251 e. The molecule has 2 aromatic carbocycles. The molecule has 162 valence electrons. The van der Waals surface area contributed by atoms with E-state index in [-0.39, 0.29) is 18.6 Å². The van der Waals surface area contributed by atoms with Gasteiger partial charge in [0.2, 0.25) is 11.7 Å². The van der Waals surface area contributed by atoms with E-state index in [2.05, 4.69) is 15.5 Å². The molecule has 1 amide bonds. The molecule has 0 aliphatic carbocycles. The van der Waals surface area contributed by atoms with Crippen LogP contribution in [0.5, 0.6) is 17.2 Å². The Morgan fingerprint density at radius 3 is 2.74 bits per heavy atom. The Kier molecular flexibility index (Phi) is 6.06. The standard InChI is InChI=1S/C23H25N3O5/c1-4-28-20-10-17-9-14(2)30-21(17)11-18(20)12-24-23(27)16-5-7-19(8-6-16)29-13-22-25-15(3)31-26-22/h5-8,10-11,14H,4,9,12-13H2,1-3H3,(H,24,27)/t14-/m1/s1. The maximum absolute atomic E-state index is 12.6. The number of carbonyl (C=O) groups is 1. The lowest BCUT2D eigenvalue weighted by molar-refractivity contribution is 0.0950. The number of hydrogen-bond acceptors (Lipinski definition) is 7. The predicted molar refractivity (Wildman–Crippen MR) is 112 cm³/mol. The van der Waals surface area contributed by atoms with Gasteiger partial charge in [0.25, 0.3) is 5.91 Å². The highest BCUT2D eigenvalue weighted by molar-refractivity contribution is 5.94. The number of benzene rings is 2. The molecule has 1 aliphatic rings. The number of aryl methyl sites for hydroxylation is 1. The molecule has 0 saturated heterocycles. The fourth-order valence-corrected chi connectivity index (χ4v) is 3.44. The fraction of sp³-hybridized carbons (Fsp3) is 0.348. The van der Waals surface area contributed by atoms with Gasteiger partial charge in [0.1, 0.15) is 23.4 Å². The van der Waals surface area contributed by atoms with E-state index in [1.54, 1.807) is 31.2 Å². The van der Waals surface area contributed by atoms with Crippen molar-refractivity contribution in [2.45, 2.75) is 46.4 Å². The molecule has 0 fully saturated rings. The van der Waals surface area contributed by atoms with E-state index in [1.165, 1.54) is 0 Å². The lowest BCUT2D eigenvalue weighted by atomic mass is 10.1. The van der Waals surface area contributed by atoms with E-state index in [0.29, 0.717) is 36.2 Å². The van der Waals surface area contributed by atoms with Crippen LogP contribution in [-0.2, 0) is 19.6 Å². The zero-order valence-corrected chi connectivity index (χ0v) is 17.8. The van der Waals surface area contributed by atoms with Crippen molar-refractivity contribution in [2.75, 3.05) is 6.61 Å². The summed E-state index contributed by atoms with van der Waals surface area (Å²) in [7, 11) is 0. The molecule has 1 aromatic heterocycles. The molecule has 3 aromatic rings. The number of amides is 1. The van der Waals surface area contributed by atoms with Gasteiger partial charge in [0, 0.05) is 36.6 Å². The number of rotatable bonds is 8. The Balaban J connectivity index is 1.37. The Morgan fingerprint density at radius 1 is 1.23 bits per heavy atom. The van der Waals surface area contributed by atoms with E-state index in [9.17, 15) is 4.79 Å². The van der Waals surface area contributed by atoms with Crippen LogP contribution in [0.25, 0.3) is 0 Å². The molecule has 31 heavy (non-hydrogen) atoms. The summed E-state index contributed by atoms with van der Waals surface area (Å²) in [6, 6.07) is 10.9. The van der Waals surface area contributed by atoms with E-state index >= 15 is 0 Å². The minimum absolute atomic E-state index is 0.152. The highest BCUT2D eigenvalue weighted by Crippen LogP contribution is 2.35. The second-order valence-corrected chi connectivity index (χ2v) is 7.36. The molecule has 2 heterocycles. The van der Waals surface area contributed by atoms with Crippen molar-refractivity contribution in [3.63, 3.8) is 0 Å². The number of ether oxygens (including phenoxy) is 3. The van der Waals surface area contributed by atoms with E-state index in [4.69, 9.17) is 18.7 Å². The van der Waals surface area contributed by atoms with Gasteiger partial charge in [-0.1, -0.05) is 5.16 Å². The normalized spacial score (nSPS) is 14.6. The van der Waals surface area contributed by atoms with Gasteiger partial charge in [-0.25, -0.2) is 0 Å². The van der Waals surface area contributed by atoms with Crippen molar-refractivity contribution in [1.29, 1.82) is 0 Å². The molecule has 1 N–H and O–H groups in total. The number of fused-ring (bicyclic) bond motifs is 1. The second-order valence-electron chi connectivity index (χ2n) is 7.36. The number of hydrogen-bond donors (Lipinski definition) is 1. The van der Waals surface area contributed by atoms with Crippen molar-refractivity contribution in [2.24, 2.45) is 0 Å². The first-order chi connectivity index (χ1) is 15.0. The summed E-state index contributed by atoms with van der Waals surface area (Å²) in [5.41, 5.74) is 2.56. The highest BCUT2D eigenvalue weighted by Gasteiger charge is 2.22. The average molecular weight is 423 g/mol. The molecule has 0 bridgehead atoms. The molecule has 1 aliphatic heterocycles. The van der Waals surface area contributed by atoms with Gasteiger partial charge in [0.05, 0.1) is 6.61 Å². The summed E-state index contributed by atoms with van der Waals surface area (Å²) in [5, 5.41) is 6.73. The van der Waals surface area contributed by atoms with Gasteiger partial charge in [0.15, 0.2) is 6.61 Å². The molecule has 0 unspecified atom stereocenters. The van der Waals surface area contributed by atoms with Gasteiger partial charge < -0.3 is 24.1 Å². The minimum atomic E-state index is -0.183. The van der Waals surface area contributed by atoms with Crippen LogP contribution in [0, 0.1) is 6.92 Å². The number of nitrogens with one attached hydrogen (secondary N) is 1. The summed E-state index contributed by atoms with van der Waals surface area (Å²) in [6.07, 6.45) is 1.02. The summed E-state index contributed by atoms with van der Waals surface area (Å²) >= 11 is 0. The number of aromatic nitrogens is 2. The molecule has 0 radical (unpaired) electrons. The SMILES string of the molecule is CCOc1cc2c(cc1CNC(=O)c1ccc(OCc3noc(C)n3)cc1)O[C@H](C)C2. The third-order valence-electron chi connectivity index (χ3n) is 4.87. The zero-order valence-electron chi connectivity index (χ0n) is 17.8. The van der Waals surface area contributed by atoms with Crippen molar-refractivity contribution in [1.82, 2.24) is 15.5 Å². The Bertz CT molecular complexity index is 1060. The summed E-state index contributed by atoms with van der Waals surface area (Å²) < 4.78 is 22.1. The lowest BCUT2D eigenvalue weighted by Gasteiger charge is -2.13. The fourth-order valence-electron chi connectivity index (χ4n) is 3.44. The van der Waals surface area contributed by atoms with Crippen molar-refractivity contribution in [3.05, 3.63) is 64.8 Å². The van der Waals surface area contributed by atoms with Crippen LogP contribution in [0.1, 0.15) is 47.0 Å². The van der Waals surface area contributed by atoms with Gasteiger partial charge in [-0.2, -0.15) is 4.98 Å². The first-order valence-electron chi connectivity index (χ1n) is 10.3. The third kappa shape index (κ3) is 4.96. The second kappa shape index (κ2) is 9.07. The van der Waals surface area contributed by atoms with Crippen molar-refractivity contribution >= 4 is 5.91 Å². The molecule has 8 heteroatoms. The van der Waals surface area contributed by atoms with Gasteiger partial charge in [-0.05, 0) is 50.2 Å². The third-order valence-corrected chi connectivity index (χ3v) is 4.87. The largest absolute Gasteiger partial charge is 0.494 e. The summed E-state index contributed by atoms with van der Waals surface area (Å²) in [6.45, 7) is 6.80. The van der Waals surface area contributed by atoms with Crippen molar-refractivity contribution in [3.8, 4) is 17.2 Å². The molecule has 0 spiro atoms. The van der Waals surface area contributed by atoms with Crippen LogP contribution in [-0.4, -0.2) is 28.8 Å². The molecule has 0 saturated carbocycles. The van der Waals surface area contributed by atoms with Crippen LogP contribution >= 0.6 is 0 Å². The molecular formula is C23H25N3O5. The summed E-state index contributed by atoms with van der Waals surface area (Å²) in [4.78, 5) is 16.7. The van der Waals surface area contributed by atoms with Crippen LogP contribution in [0.2, 0.25) is 0 Å². The monoisotopic (exact) mass is 423 g/mol. The highest BCUT2D eigenvalue weighted by atomic mass is 16.5. The Labute approximate surface area is 180 Å². The predicted octanol–water partition coefficient (Wildman–Crippen LogP) is 3.61. The number of nitrogens with zero attached hydrogens (tertiary/aromatic N) is 2. The van der Waals surface area contributed by atoms with Crippen molar-refractivity contribution < 1.29 is 23.5 Å².